The van der Waals surface area contributed by atoms with Crippen LogP contribution in [0.2, 0.25) is 0 Å². The summed E-state index contributed by atoms with van der Waals surface area (Å²) in [6.45, 7) is 9.52. The van der Waals surface area contributed by atoms with E-state index in [-0.39, 0.29) is 33.7 Å². The summed E-state index contributed by atoms with van der Waals surface area (Å²) in [7, 11) is 0. The molecule has 3 aliphatic rings. The second-order valence-corrected chi connectivity index (χ2v) is 9.50. The fourth-order valence-electron chi connectivity index (χ4n) is 6.75. The number of carbonyl (C=O) groups excluding carboxylic acids is 1. The van der Waals surface area contributed by atoms with Gasteiger partial charge in [0.2, 0.25) is 5.91 Å². The molecule has 1 aromatic rings. The SMILES string of the molecule is CC1(C)C(=O)NCC[C@]2(C)[C@@H]1CC[C@]1(C)c3c(O)cc(O)cc3C[C@@H]21. The van der Waals surface area contributed by atoms with Crippen LogP contribution in [0.4, 0.5) is 0 Å². The Morgan fingerprint density at radius 1 is 1.08 bits per heavy atom. The third kappa shape index (κ3) is 2.03. The molecule has 0 unspecified atom stereocenters. The van der Waals surface area contributed by atoms with Gasteiger partial charge < -0.3 is 15.5 Å². The van der Waals surface area contributed by atoms with Crippen molar-refractivity contribution in [2.24, 2.45) is 22.7 Å². The molecular weight excluding hydrogens is 314 g/mol. The van der Waals surface area contributed by atoms with Crippen LogP contribution in [0.15, 0.2) is 12.1 Å². The van der Waals surface area contributed by atoms with E-state index < -0.39 is 0 Å². The molecule has 1 aliphatic heterocycles. The Morgan fingerprint density at radius 2 is 1.80 bits per heavy atom. The maximum absolute atomic E-state index is 12.6. The molecule has 3 N–H and O–H groups in total. The number of hydrogen-bond donors (Lipinski definition) is 3. The van der Waals surface area contributed by atoms with Crippen molar-refractivity contribution in [1.82, 2.24) is 5.32 Å². The third-order valence-electron chi connectivity index (χ3n) is 7.90. The van der Waals surface area contributed by atoms with Gasteiger partial charge in [0.1, 0.15) is 11.5 Å². The van der Waals surface area contributed by atoms with Crippen LogP contribution in [0, 0.1) is 22.7 Å². The van der Waals surface area contributed by atoms with Crippen LogP contribution in [-0.4, -0.2) is 22.7 Å². The van der Waals surface area contributed by atoms with E-state index in [0.717, 1.165) is 43.4 Å². The van der Waals surface area contributed by atoms with Crippen molar-refractivity contribution in [3.8, 4) is 11.5 Å². The highest BCUT2D eigenvalue weighted by Gasteiger charge is 2.62. The van der Waals surface area contributed by atoms with Gasteiger partial charge in [0.25, 0.3) is 0 Å². The monoisotopic (exact) mass is 343 g/mol. The minimum atomic E-state index is -0.383. The molecule has 1 saturated carbocycles. The van der Waals surface area contributed by atoms with Crippen LogP contribution in [0.1, 0.15) is 58.1 Å². The molecule has 0 bridgehead atoms. The van der Waals surface area contributed by atoms with Crippen molar-refractivity contribution in [2.45, 2.75) is 58.8 Å². The first kappa shape index (κ1) is 16.7. The van der Waals surface area contributed by atoms with Gasteiger partial charge in [0, 0.05) is 29.0 Å². The lowest BCUT2D eigenvalue weighted by Gasteiger charge is -2.56. The fraction of sp³-hybridized carbons (Fsp3) is 0.667. The van der Waals surface area contributed by atoms with Gasteiger partial charge >= 0.3 is 0 Å². The highest BCUT2D eigenvalue weighted by molar-refractivity contribution is 5.82. The van der Waals surface area contributed by atoms with Crippen molar-refractivity contribution in [2.75, 3.05) is 6.54 Å². The Labute approximate surface area is 149 Å². The smallest absolute Gasteiger partial charge is 0.225 e. The van der Waals surface area contributed by atoms with Crippen LogP contribution >= 0.6 is 0 Å². The second kappa shape index (κ2) is 4.93. The Morgan fingerprint density at radius 3 is 2.52 bits per heavy atom. The summed E-state index contributed by atoms with van der Waals surface area (Å²) < 4.78 is 0. The number of aromatic hydroxyl groups is 2. The maximum Gasteiger partial charge on any atom is 0.225 e. The van der Waals surface area contributed by atoms with Crippen LogP contribution in [0.25, 0.3) is 0 Å². The lowest BCUT2D eigenvalue weighted by Crippen LogP contribution is -2.54. The fourth-order valence-corrected chi connectivity index (χ4v) is 6.75. The summed E-state index contributed by atoms with van der Waals surface area (Å²) in [5.41, 5.74) is 1.65. The number of amides is 1. The highest BCUT2D eigenvalue weighted by atomic mass is 16.3. The van der Waals surface area contributed by atoms with E-state index >= 15 is 0 Å². The van der Waals surface area contributed by atoms with Crippen molar-refractivity contribution in [3.63, 3.8) is 0 Å². The standard InChI is InChI=1S/C21H29NO3/c1-19(2)15-5-6-21(4)16(20(15,3)7-8-22-18(19)25)10-12-9-13(23)11-14(24)17(12)21/h9,11,15-16,23-24H,5-8,10H2,1-4H3,(H,22,25)/t15-,16+,20-,21+/m1/s1. The zero-order valence-electron chi connectivity index (χ0n) is 15.6. The van der Waals surface area contributed by atoms with E-state index in [4.69, 9.17) is 0 Å². The molecule has 4 heteroatoms. The maximum atomic E-state index is 12.6. The van der Waals surface area contributed by atoms with E-state index in [1.54, 1.807) is 0 Å². The molecular formula is C21H29NO3. The zero-order chi connectivity index (χ0) is 18.2. The largest absolute Gasteiger partial charge is 0.508 e. The molecule has 1 heterocycles. The van der Waals surface area contributed by atoms with Gasteiger partial charge in [-0.25, -0.2) is 0 Å². The number of hydrogen-bond acceptors (Lipinski definition) is 3. The minimum absolute atomic E-state index is 0.0245. The average molecular weight is 343 g/mol. The summed E-state index contributed by atoms with van der Waals surface area (Å²) in [6.07, 6.45) is 3.79. The second-order valence-electron chi connectivity index (χ2n) is 9.50. The van der Waals surface area contributed by atoms with Crippen molar-refractivity contribution < 1.29 is 15.0 Å². The van der Waals surface area contributed by atoms with Gasteiger partial charge in [0.15, 0.2) is 0 Å². The summed E-state index contributed by atoms with van der Waals surface area (Å²) >= 11 is 0. The van der Waals surface area contributed by atoms with Gasteiger partial charge in [-0.05, 0) is 54.6 Å². The predicted molar refractivity (Wildman–Crippen MR) is 96.6 cm³/mol. The van der Waals surface area contributed by atoms with Crippen LogP contribution in [0.3, 0.4) is 0 Å². The lowest BCUT2D eigenvalue weighted by molar-refractivity contribution is -0.138. The summed E-state index contributed by atoms with van der Waals surface area (Å²) in [4.78, 5) is 12.6. The molecule has 136 valence electrons. The molecule has 1 saturated heterocycles. The number of carbonyl (C=O) groups is 1. The van der Waals surface area contributed by atoms with Crippen LogP contribution in [-0.2, 0) is 16.6 Å². The van der Waals surface area contributed by atoms with Gasteiger partial charge in [-0.15, -0.1) is 0 Å². The molecule has 0 aromatic heterocycles. The zero-order valence-corrected chi connectivity index (χ0v) is 15.6. The van der Waals surface area contributed by atoms with Gasteiger partial charge in [-0.2, -0.15) is 0 Å². The number of phenols is 2. The van der Waals surface area contributed by atoms with Gasteiger partial charge in [-0.1, -0.05) is 27.7 Å². The molecule has 1 aromatic carbocycles. The van der Waals surface area contributed by atoms with Crippen molar-refractivity contribution in [3.05, 3.63) is 23.3 Å². The van der Waals surface area contributed by atoms with Gasteiger partial charge in [-0.3, -0.25) is 4.79 Å². The summed E-state index contributed by atoms with van der Waals surface area (Å²) in [5, 5.41) is 23.6. The first-order chi connectivity index (χ1) is 11.6. The lowest BCUT2D eigenvalue weighted by atomic mass is 9.47. The number of fused-ring (bicyclic) bond motifs is 5. The Kier molecular flexibility index (Phi) is 3.30. The minimum Gasteiger partial charge on any atom is -0.508 e. The van der Waals surface area contributed by atoms with E-state index in [2.05, 4.69) is 33.0 Å². The Hall–Kier alpha value is -1.71. The molecule has 0 radical (unpaired) electrons. The normalized spacial score (nSPS) is 39.0. The van der Waals surface area contributed by atoms with E-state index in [9.17, 15) is 15.0 Å². The third-order valence-corrected chi connectivity index (χ3v) is 7.90. The predicted octanol–water partition coefficient (Wildman–Crippen LogP) is 3.49. The Balaban J connectivity index is 1.85. The molecule has 4 nitrogen and oxygen atoms in total. The van der Waals surface area contributed by atoms with Crippen molar-refractivity contribution in [1.29, 1.82) is 0 Å². The number of nitrogens with one attached hydrogen (secondary N) is 1. The molecule has 4 rings (SSSR count). The van der Waals surface area contributed by atoms with Crippen LogP contribution in [0.5, 0.6) is 11.5 Å². The van der Waals surface area contributed by atoms with Gasteiger partial charge in [0.05, 0.1) is 0 Å². The quantitative estimate of drug-likeness (QED) is 0.675. The topological polar surface area (TPSA) is 69.6 Å². The van der Waals surface area contributed by atoms with Crippen LogP contribution < -0.4 is 5.32 Å². The molecule has 2 aliphatic carbocycles. The summed E-state index contributed by atoms with van der Waals surface area (Å²) in [5.74, 6) is 1.22. The number of phenolic OH excluding ortho intramolecular Hbond substituents is 2. The molecule has 25 heavy (non-hydrogen) atoms. The molecule has 2 fully saturated rings. The average Bonchev–Trinajstić information content (AvgIpc) is 2.76. The summed E-state index contributed by atoms with van der Waals surface area (Å²) in [6, 6.07) is 3.30. The highest BCUT2D eigenvalue weighted by Crippen LogP contribution is 2.66. The molecule has 0 spiro atoms. The van der Waals surface area contributed by atoms with E-state index in [0.29, 0.717) is 11.8 Å². The Bertz CT molecular complexity index is 756. The van der Waals surface area contributed by atoms with Crippen molar-refractivity contribution >= 4 is 5.91 Å². The first-order valence-electron chi connectivity index (χ1n) is 9.44. The molecule has 1 amide bonds. The van der Waals surface area contributed by atoms with E-state index in [1.807, 2.05) is 6.07 Å². The van der Waals surface area contributed by atoms with E-state index in [1.165, 1.54) is 6.07 Å². The number of benzene rings is 1. The first-order valence-corrected chi connectivity index (χ1v) is 9.44. The molecule has 4 atom stereocenters. The number of rotatable bonds is 0.